The fourth-order valence-corrected chi connectivity index (χ4v) is 3.16. The van der Waals surface area contributed by atoms with Crippen LogP contribution in [0.5, 0.6) is 5.75 Å². The van der Waals surface area contributed by atoms with Gasteiger partial charge in [-0.3, -0.25) is 4.79 Å². The van der Waals surface area contributed by atoms with Gasteiger partial charge in [0.25, 0.3) is 0 Å². The molecule has 3 aromatic rings. The molecule has 5 N–H and O–H groups in total. The molecule has 3 rings (SSSR count). The maximum Gasteiger partial charge on any atom is 0.223 e. The maximum atomic E-state index is 11.0. The minimum absolute atomic E-state index is 0.151. The number of phenolic OH excluding ortho intramolecular Hbond substituents is 1. The Morgan fingerprint density at radius 1 is 1.55 bits per heavy atom. The molecule has 1 amide bonds. The smallest absolute Gasteiger partial charge is 0.223 e. The van der Waals surface area contributed by atoms with Crippen molar-refractivity contribution < 1.29 is 9.90 Å². The number of carbonyl (C=O) groups is 1. The second-order valence-electron chi connectivity index (χ2n) is 5.11. The molecule has 2 aromatic heterocycles. The Bertz CT molecular complexity index is 824. The number of hydrogen-bond acceptors (Lipinski definition) is 5. The van der Waals surface area contributed by atoms with Crippen molar-refractivity contribution in [1.82, 2.24) is 9.97 Å². The van der Waals surface area contributed by atoms with Gasteiger partial charge in [-0.2, -0.15) is 0 Å². The first-order valence-corrected chi connectivity index (χ1v) is 7.68. The Morgan fingerprint density at radius 3 is 3.14 bits per heavy atom. The zero-order valence-electron chi connectivity index (χ0n) is 12.0. The van der Waals surface area contributed by atoms with Crippen molar-refractivity contribution in [2.24, 2.45) is 5.73 Å². The summed E-state index contributed by atoms with van der Waals surface area (Å²) < 4.78 is 0. The Kier molecular flexibility index (Phi) is 3.82. The van der Waals surface area contributed by atoms with E-state index in [0.29, 0.717) is 11.6 Å². The van der Waals surface area contributed by atoms with Crippen molar-refractivity contribution in [3.05, 3.63) is 41.0 Å². The van der Waals surface area contributed by atoms with Crippen LogP contribution in [0.15, 0.2) is 29.8 Å². The molecule has 7 heteroatoms. The van der Waals surface area contributed by atoms with E-state index in [1.54, 1.807) is 12.1 Å². The summed E-state index contributed by atoms with van der Waals surface area (Å²) in [6.45, 7) is 1.44. The summed E-state index contributed by atoms with van der Waals surface area (Å²) in [4.78, 5) is 18.5. The number of anilines is 1. The fourth-order valence-electron chi connectivity index (χ4n) is 2.34. The lowest BCUT2D eigenvalue weighted by Crippen LogP contribution is -2.14. The van der Waals surface area contributed by atoms with E-state index in [1.165, 1.54) is 18.3 Å². The molecule has 0 aliphatic heterocycles. The van der Waals surface area contributed by atoms with Gasteiger partial charge in [0.05, 0.1) is 11.7 Å². The predicted octanol–water partition coefficient (Wildman–Crippen LogP) is 2.53. The first kappa shape index (κ1) is 14.6. The Morgan fingerprint density at radius 2 is 2.36 bits per heavy atom. The minimum Gasteiger partial charge on any atom is -0.508 e. The lowest BCUT2D eigenvalue weighted by molar-refractivity contribution is -0.114. The van der Waals surface area contributed by atoms with Crippen LogP contribution in [0.3, 0.4) is 0 Å². The summed E-state index contributed by atoms with van der Waals surface area (Å²) in [5, 5.41) is 15.6. The summed E-state index contributed by atoms with van der Waals surface area (Å²) in [5.74, 6) is 0.0742. The van der Waals surface area contributed by atoms with E-state index in [4.69, 9.17) is 5.73 Å². The van der Waals surface area contributed by atoms with Gasteiger partial charge in [-0.05, 0) is 30.2 Å². The first-order chi connectivity index (χ1) is 10.5. The van der Waals surface area contributed by atoms with Crippen LogP contribution < -0.4 is 11.1 Å². The van der Waals surface area contributed by atoms with Gasteiger partial charge in [0.1, 0.15) is 5.75 Å². The number of phenols is 1. The average Bonchev–Trinajstić information content (AvgIpc) is 3.06. The Hall–Kier alpha value is -2.38. The topological polar surface area (TPSA) is 104 Å². The van der Waals surface area contributed by atoms with Crippen LogP contribution in [0.1, 0.15) is 24.2 Å². The Balaban J connectivity index is 1.80. The van der Waals surface area contributed by atoms with E-state index >= 15 is 0 Å². The fraction of sp³-hybridized carbons (Fsp3) is 0.200. The van der Waals surface area contributed by atoms with Crippen LogP contribution in [0.25, 0.3) is 10.9 Å². The van der Waals surface area contributed by atoms with E-state index < -0.39 is 0 Å². The highest BCUT2D eigenvalue weighted by atomic mass is 32.1. The molecular formula is C15H16N4O2S. The molecule has 6 nitrogen and oxygen atoms in total. The molecule has 0 spiro atoms. The molecule has 0 radical (unpaired) electrons. The second-order valence-corrected chi connectivity index (χ2v) is 5.97. The molecular weight excluding hydrogens is 300 g/mol. The second kappa shape index (κ2) is 5.78. The van der Waals surface area contributed by atoms with Crippen LogP contribution in [-0.2, 0) is 11.2 Å². The number of benzene rings is 1. The molecule has 1 aromatic carbocycles. The maximum absolute atomic E-state index is 11.0. The number of aromatic amines is 1. The molecule has 0 saturated heterocycles. The first-order valence-electron chi connectivity index (χ1n) is 6.80. The molecule has 0 bridgehead atoms. The molecule has 0 saturated carbocycles. The molecule has 22 heavy (non-hydrogen) atoms. The van der Waals surface area contributed by atoms with Gasteiger partial charge in [0.2, 0.25) is 5.91 Å². The Labute approximate surface area is 131 Å². The molecule has 0 unspecified atom stereocenters. The number of H-pyrrole nitrogens is 1. The van der Waals surface area contributed by atoms with Gasteiger partial charge in [-0.25, -0.2) is 4.98 Å². The number of fused-ring (bicyclic) bond motifs is 1. The number of amides is 1. The van der Waals surface area contributed by atoms with E-state index in [2.05, 4.69) is 15.3 Å². The number of thiazole rings is 1. The quantitative estimate of drug-likeness (QED) is 0.593. The van der Waals surface area contributed by atoms with Crippen molar-refractivity contribution >= 4 is 33.3 Å². The lowest BCUT2D eigenvalue weighted by atomic mass is 10.0. The largest absolute Gasteiger partial charge is 0.508 e. The molecule has 0 fully saturated rings. The summed E-state index contributed by atoms with van der Waals surface area (Å²) in [6.07, 6.45) is 2.48. The number of hydrogen-bond donors (Lipinski definition) is 4. The van der Waals surface area contributed by atoms with E-state index in [9.17, 15) is 9.90 Å². The van der Waals surface area contributed by atoms with E-state index in [-0.39, 0.29) is 17.7 Å². The minimum atomic E-state index is -0.278. The zero-order chi connectivity index (χ0) is 15.7. The molecule has 0 aliphatic rings. The monoisotopic (exact) mass is 316 g/mol. The number of nitrogens with two attached hydrogens (primary N) is 1. The zero-order valence-corrected chi connectivity index (χ0v) is 12.8. The van der Waals surface area contributed by atoms with Gasteiger partial charge in [0.15, 0.2) is 5.13 Å². The summed E-state index contributed by atoms with van der Waals surface area (Å²) in [7, 11) is 0. The van der Waals surface area contributed by atoms with Crippen molar-refractivity contribution in [3.63, 3.8) is 0 Å². The van der Waals surface area contributed by atoms with Gasteiger partial charge in [0, 0.05) is 29.4 Å². The van der Waals surface area contributed by atoms with Gasteiger partial charge < -0.3 is 21.1 Å². The highest BCUT2D eigenvalue weighted by molar-refractivity contribution is 7.13. The number of aromatic hydroxyl groups is 1. The molecule has 2 heterocycles. The third-order valence-corrected chi connectivity index (χ3v) is 4.15. The lowest BCUT2D eigenvalue weighted by Gasteiger charge is -2.08. The summed E-state index contributed by atoms with van der Waals surface area (Å²) >= 11 is 1.35. The highest BCUT2D eigenvalue weighted by Crippen LogP contribution is 2.27. The average molecular weight is 316 g/mol. The standard InChI is InChI=1S/C15H16N4O2S/c1-8(20)18-15-19-14(7-22-15)12(16)4-9-6-17-13-3-2-10(21)5-11(9)13/h2-3,5-7,12,17,21H,4,16H2,1H3,(H,18,19,20)/t12-/m0/s1. The number of nitrogens with zero attached hydrogens (tertiary/aromatic N) is 1. The third kappa shape index (κ3) is 2.95. The molecule has 0 aliphatic carbocycles. The summed E-state index contributed by atoms with van der Waals surface area (Å²) in [5.41, 5.74) is 8.93. The van der Waals surface area contributed by atoms with Crippen molar-refractivity contribution in [3.8, 4) is 5.75 Å². The number of aromatic nitrogens is 2. The number of rotatable bonds is 4. The van der Waals surface area contributed by atoms with Crippen molar-refractivity contribution in [1.29, 1.82) is 0 Å². The van der Waals surface area contributed by atoms with Crippen molar-refractivity contribution in [2.75, 3.05) is 5.32 Å². The van der Waals surface area contributed by atoms with Crippen LogP contribution in [0.2, 0.25) is 0 Å². The van der Waals surface area contributed by atoms with Gasteiger partial charge in [-0.1, -0.05) is 0 Å². The van der Waals surface area contributed by atoms with Gasteiger partial charge >= 0.3 is 0 Å². The van der Waals surface area contributed by atoms with Crippen molar-refractivity contribution in [2.45, 2.75) is 19.4 Å². The van der Waals surface area contributed by atoms with Crippen LogP contribution in [0, 0.1) is 0 Å². The number of carbonyl (C=O) groups excluding carboxylic acids is 1. The SMILES string of the molecule is CC(=O)Nc1nc([C@@H](N)Cc2c[nH]c3ccc(O)cc23)cs1. The highest BCUT2D eigenvalue weighted by Gasteiger charge is 2.14. The van der Waals surface area contributed by atoms with Crippen LogP contribution in [-0.4, -0.2) is 21.0 Å². The van der Waals surface area contributed by atoms with Gasteiger partial charge in [-0.15, -0.1) is 11.3 Å². The molecule has 114 valence electrons. The van der Waals surface area contributed by atoms with E-state index in [0.717, 1.165) is 22.2 Å². The van der Waals surface area contributed by atoms with Crippen LogP contribution in [0.4, 0.5) is 5.13 Å². The predicted molar refractivity (Wildman–Crippen MR) is 87.0 cm³/mol. The van der Waals surface area contributed by atoms with Crippen LogP contribution >= 0.6 is 11.3 Å². The number of nitrogens with one attached hydrogen (secondary N) is 2. The molecule has 1 atom stereocenters. The van der Waals surface area contributed by atoms with E-state index in [1.807, 2.05) is 17.6 Å². The third-order valence-electron chi connectivity index (χ3n) is 3.38. The summed E-state index contributed by atoms with van der Waals surface area (Å²) in [6, 6.07) is 4.91. The normalized spacial score (nSPS) is 12.5.